The van der Waals surface area contributed by atoms with E-state index in [-0.39, 0.29) is 11.9 Å². The van der Waals surface area contributed by atoms with Crippen LogP contribution < -0.4 is 10.1 Å². The summed E-state index contributed by atoms with van der Waals surface area (Å²) < 4.78 is 12.4. The highest BCUT2D eigenvalue weighted by atomic mass is 79.9. The molecule has 2 aliphatic carbocycles. The maximum atomic E-state index is 12.5. The molecular formula is C21H24BrNO3. The van der Waals surface area contributed by atoms with E-state index in [1.807, 2.05) is 24.3 Å². The second kappa shape index (κ2) is 7.47. The quantitative estimate of drug-likeness (QED) is 0.704. The fraction of sp³-hybridized carbons (Fsp3) is 0.476. The molecule has 4 unspecified atom stereocenters. The Hall–Kier alpha value is -1.75. The molecule has 0 saturated heterocycles. The van der Waals surface area contributed by atoms with Crippen molar-refractivity contribution >= 4 is 21.8 Å². The van der Waals surface area contributed by atoms with Gasteiger partial charge in [-0.2, -0.15) is 0 Å². The molecule has 2 saturated carbocycles. The van der Waals surface area contributed by atoms with Gasteiger partial charge < -0.3 is 14.5 Å². The van der Waals surface area contributed by atoms with Crippen molar-refractivity contribution in [2.75, 3.05) is 0 Å². The van der Waals surface area contributed by atoms with Crippen LogP contribution in [0.25, 0.3) is 0 Å². The van der Waals surface area contributed by atoms with E-state index in [0.29, 0.717) is 24.0 Å². The standard InChI is InChI=1S/C21H24BrNO3/c1-13(19-11-14-2-3-15(19)10-14)23-21(24)20-9-8-18(26-20)12-25-17-6-4-16(22)5-7-17/h4-9,13-15,19H,2-3,10-12H2,1H3,(H,23,24). The van der Waals surface area contributed by atoms with Gasteiger partial charge in [-0.3, -0.25) is 4.79 Å². The molecule has 2 aliphatic rings. The molecule has 5 heteroatoms. The number of carbonyl (C=O) groups is 1. The lowest BCUT2D eigenvalue weighted by Gasteiger charge is -2.28. The van der Waals surface area contributed by atoms with Crippen LogP contribution in [0.1, 0.15) is 48.9 Å². The van der Waals surface area contributed by atoms with Crippen molar-refractivity contribution in [2.45, 2.75) is 45.3 Å². The zero-order valence-corrected chi connectivity index (χ0v) is 16.5. The predicted molar refractivity (Wildman–Crippen MR) is 103 cm³/mol. The average Bonchev–Trinajstić information content (AvgIpc) is 3.37. The van der Waals surface area contributed by atoms with E-state index >= 15 is 0 Å². The minimum Gasteiger partial charge on any atom is -0.486 e. The van der Waals surface area contributed by atoms with Crippen LogP contribution in [-0.4, -0.2) is 11.9 Å². The topological polar surface area (TPSA) is 51.5 Å². The lowest BCUT2D eigenvalue weighted by Crippen LogP contribution is -2.40. The number of benzene rings is 1. The third-order valence-corrected chi connectivity index (χ3v) is 6.40. The van der Waals surface area contributed by atoms with Gasteiger partial charge in [-0.25, -0.2) is 0 Å². The van der Waals surface area contributed by atoms with Crippen LogP contribution in [0.5, 0.6) is 5.75 Å². The summed E-state index contributed by atoms with van der Waals surface area (Å²) in [5.41, 5.74) is 0. The highest BCUT2D eigenvalue weighted by Crippen LogP contribution is 2.49. The minimum atomic E-state index is -0.129. The number of ether oxygens (including phenoxy) is 1. The molecule has 1 aromatic heterocycles. The van der Waals surface area contributed by atoms with Crippen LogP contribution in [0.3, 0.4) is 0 Å². The first kappa shape index (κ1) is 17.7. The SMILES string of the molecule is CC(NC(=O)c1ccc(COc2ccc(Br)cc2)o1)C1CC2CCC1C2. The van der Waals surface area contributed by atoms with E-state index in [0.717, 1.165) is 22.1 Å². The van der Waals surface area contributed by atoms with Crippen molar-refractivity contribution in [1.29, 1.82) is 0 Å². The molecule has 2 fully saturated rings. The summed E-state index contributed by atoms with van der Waals surface area (Å²) in [6.07, 6.45) is 5.31. The summed E-state index contributed by atoms with van der Waals surface area (Å²) >= 11 is 3.40. The fourth-order valence-electron chi connectivity index (χ4n) is 4.55. The summed E-state index contributed by atoms with van der Waals surface area (Å²) in [4.78, 5) is 12.5. The van der Waals surface area contributed by atoms with Crippen molar-refractivity contribution in [2.24, 2.45) is 17.8 Å². The van der Waals surface area contributed by atoms with Crippen LogP contribution in [-0.2, 0) is 6.61 Å². The Morgan fingerprint density at radius 3 is 2.73 bits per heavy atom. The van der Waals surface area contributed by atoms with Crippen LogP contribution >= 0.6 is 15.9 Å². The summed E-state index contributed by atoms with van der Waals surface area (Å²) in [5, 5.41) is 3.14. The second-order valence-electron chi connectivity index (χ2n) is 7.61. The fourth-order valence-corrected chi connectivity index (χ4v) is 4.82. The van der Waals surface area contributed by atoms with E-state index in [4.69, 9.17) is 9.15 Å². The van der Waals surface area contributed by atoms with E-state index in [9.17, 15) is 4.79 Å². The van der Waals surface area contributed by atoms with Gasteiger partial charge in [0.15, 0.2) is 5.76 Å². The minimum absolute atomic E-state index is 0.129. The van der Waals surface area contributed by atoms with Crippen LogP contribution in [0.4, 0.5) is 0 Å². The Bertz CT molecular complexity index is 770. The number of rotatable bonds is 6. The molecule has 1 N–H and O–H groups in total. The predicted octanol–water partition coefficient (Wildman–Crippen LogP) is 5.18. The normalized spacial score (nSPS) is 25.2. The highest BCUT2D eigenvalue weighted by molar-refractivity contribution is 9.10. The molecular weight excluding hydrogens is 394 g/mol. The third kappa shape index (κ3) is 3.83. The first-order valence-electron chi connectivity index (χ1n) is 9.36. The largest absolute Gasteiger partial charge is 0.486 e. The smallest absolute Gasteiger partial charge is 0.287 e. The molecule has 0 radical (unpaired) electrons. The van der Waals surface area contributed by atoms with Gasteiger partial charge in [0, 0.05) is 10.5 Å². The van der Waals surface area contributed by atoms with Gasteiger partial charge >= 0.3 is 0 Å². The lowest BCUT2D eigenvalue weighted by atomic mass is 9.84. The van der Waals surface area contributed by atoms with Crippen molar-refractivity contribution in [3.8, 4) is 5.75 Å². The second-order valence-corrected chi connectivity index (χ2v) is 8.53. The number of fused-ring (bicyclic) bond motifs is 2. The van der Waals surface area contributed by atoms with E-state index in [2.05, 4.69) is 28.2 Å². The number of furan rings is 1. The molecule has 26 heavy (non-hydrogen) atoms. The maximum absolute atomic E-state index is 12.5. The van der Waals surface area contributed by atoms with Crippen molar-refractivity contribution in [1.82, 2.24) is 5.32 Å². The molecule has 4 rings (SSSR count). The Kier molecular flexibility index (Phi) is 5.07. The van der Waals surface area contributed by atoms with Crippen LogP contribution in [0, 0.1) is 17.8 Å². The van der Waals surface area contributed by atoms with Crippen molar-refractivity contribution in [3.05, 3.63) is 52.4 Å². The number of nitrogens with one attached hydrogen (secondary N) is 1. The molecule has 0 aliphatic heterocycles. The summed E-state index contributed by atoms with van der Waals surface area (Å²) in [6, 6.07) is 11.3. The zero-order chi connectivity index (χ0) is 18.1. The number of hydrogen-bond donors (Lipinski definition) is 1. The summed E-state index contributed by atoms with van der Waals surface area (Å²) in [7, 11) is 0. The average molecular weight is 418 g/mol. The summed E-state index contributed by atoms with van der Waals surface area (Å²) in [5.74, 6) is 3.93. The first-order valence-corrected chi connectivity index (χ1v) is 10.2. The Balaban J connectivity index is 1.30. The monoisotopic (exact) mass is 417 g/mol. The first-order chi connectivity index (χ1) is 12.6. The molecule has 138 valence electrons. The van der Waals surface area contributed by atoms with Gasteiger partial charge in [0.1, 0.15) is 18.1 Å². The third-order valence-electron chi connectivity index (χ3n) is 5.87. The van der Waals surface area contributed by atoms with Gasteiger partial charge in [0.05, 0.1) is 0 Å². The number of carbonyl (C=O) groups excluding carboxylic acids is 1. The Morgan fingerprint density at radius 2 is 2.04 bits per heavy atom. The van der Waals surface area contributed by atoms with Crippen molar-refractivity contribution in [3.63, 3.8) is 0 Å². The molecule has 4 atom stereocenters. The molecule has 4 nitrogen and oxygen atoms in total. The number of hydrogen-bond acceptors (Lipinski definition) is 3. The molecule has 1 amide bonds. The number of halogens is 1. The van der Waals surface area contributed by atoms with Gasteiger partial charge in [-0.05, 0) is 80.3 Å². The molecule has 0 spiro atoms. The van der Waals surface area contributed by atoms with Crippen LogP contribution in [0.15, 0.2) is 45.3 Å². The van der Waals surface area contributed by atoms with Gasteiger partial charge in [0.25, 0.3) is 5.91 Å². The Morgan fingerprint density at radius 1 is 1.23 bits per heavy atom. The van der Waals surface area contributed by atoms with Gasteiger partial charge in [-0.15, -0.1) is 0 Å². The molecule has 1 heterocycles. The Labute approximate surface area is 162 Å². The molecule has 2 bridgehead atoms. The molecule has 1 aromatic carbocycles. The van der Waals surface area contributed by atoms with E-state index < -0.39 is 0 Å². The van der Waals surface area contributed by atoms with E-state index in [1.165, 1.54) is 25.7 Å². The zero-order valence-electron chi connectivity index (χ0n) is 14.9. The highest BCUT2D eigenvalue weighted by Gasteiger charge is 2.42. The molecule has 2 aromatic rings. The maximum Gasteiger partial charge on any atom is 0.287 e. The van der Waals surface area contributed by atoms with E-state index in [1.54, 1.807) is 12.1 Å². The van der Waals surface area contributed by atoms with Gasteiger partial charge in [0.2, 0.25) is 0 Å². The number of amides is 1. The van der Waals surface area contributed by atoms with Gasteiger partial charge in [-0.1, -0.05) is 22.4 Å². The summed E-state index contributed by atoms with van der Waals surface area (Å²) in [6.45, 7) is 2.43. The lowest BCUT2D eigenvalue weighted by molar-refractivity contribution is 0.0883. The van der Waals surface area contributed by atoms with Crippen molar-refractivity contribution < 1.29 is 13.9 Å². The van der Waals surface area contributed by atoms with Crippen LogP contribution in [0.2, 0.25) is 0 Å².